The smallest absolute Gasteiger partial charge is 0.282 e. The molecular formula is C20H24ClN3O3S. The van der Waals surface area contributed by atoms with Crippen molar-refractivity contribution in [1.29, 1.82) is 0 Å². The lowest BCUT2D eigenvalue weighted by Crippen LogP contribution is -2.51. The van der Waals surface area contributed by atoms with Crippen molar-refractivity contribution in [2.45, 2.75) is 26.8 Å². The van der Waals surface area contributed by atoms with Crippen LogP contribution in [0.3, 0.4) is 0 Å². The van der Waals surface area contributed by atoms with Crippen LogP contribution in [-0.2, 0) is 21.5 Å². The summed E-state index contributed by atoms with van der Waals surface area (Å²) in [5.74, 6) is -0.344. The Balaban J connectivity index is 1.67. The molecule has 0 unspecified atom stereocenters. The van der Waals surface area contributed by atoms with Gasteiger partial charge >= 0.3 is 0 Å². The second-order valence-corrected chi connectivity index (χ2v) is 9.39. The summed E-state index contributed by atoms with van der Waals surface area (Å²) < 4.78 is 28.5. The Morgan fingerprint density at radius 2 is 1.75 bits per heavy atom. The molecule has 0 aromatic heterocycles. The van der Waals surface area contributed by atoms with E-state index in [1.807, 2.05) is 44.2 Å². The van der Waals surface area contributed by atoms with Gasteiger partial charge in [0.1, 0.15) is 0 Å². The number of nitrogens with zero attached hydrogens (tertiary/aromatic N) is 2. The van der Waals surface area contributed by atoms with Gasteiger partial charge in [-0.25, -0.2) is 0 Å². The van der Waals surface area contributed by atoms with Crippen LogP contribution in [0.5, 0.6) is 0 Å². The molecule has 1 heterocycles. The van der Waals surface area contributed by atoms with E-state index in [2.05, 4.69) is 5.32 Å². The van der Waals surface area contributed by atoms with E-state index in [4.69, 9.17) is 11.6 Å². The lowest BCUT2D eigenvalue weighted by Gasteiger charge is -2.34. The minimum atomic E-state index is -3.70. The summed E-state index contributed by atoms with van der Waals surface area (Å²) >= 11 is 5.89. The van der Waals surface area contributed by atoms with Gasteiger partial charge in [-0.2, -0.15) is 17.0 Å². The topological polar surface area (TPSA) is 69.7 Å². The highest BCUT2D eigenvalue weighted by molar-refractivity contribution is 7.86. The molecule has 2 aromatic carbocycles. The molecule has 3 rings (SSSR count). The van der Waals surface area contributed by atoms with E-state index >= 15 is 0 Å². The molecule has 0 bridgehead atoms. The van der Waals surface area contributed by atoms with Crippen LogP contribution in [0.15, 0.2) is 42.5 Å². The molecule has 0 spiro atoms. The lowest BCUT2D eigenvalue weighted by molar-refractivity contribution is -0.116. The molecule has 2 aromatic rings. The van der Waals surface area contributed by atoms with E-state index in [0.29, 0.717) is 30.2 Å². The largest absolute Gasteiger partial charge is 0.325 e. The highest BCUT2D eigenvalue weighted by Gasteiger charge is 2.34. The zero-order valence-electron chi connectivity index (χ0n) is 16.0. The third-order valence-corrected chi connectivity index (χ3v) is 6.90. The maximum atomic E-state index is 12.9. The zero-order chi connectivity index (χ0) is 20.3. The first-order valence-corrected chi connectivity index (χ1v) is 10.9. The standard InChI is InChI=1S/C20H24ClN3O3S/c1-15-4-9-19(16(2)12-15)22-20(25)14-24-11-3-10-23(28(24,26)27)13-17-5-7-18(21)8-6-17/h4-9,12H,3,10-11,13-14H2,1-2H3,(H,22,25). The fourth-order valence-corrected chi connectivity index (χ4v) is 5.00. The number of aryl methyl sites for hydroxylation is 2. The number of anilines is 1. The van der Waals surface area contributed by atoms with E-state index in [1.54, 1.807) is 12.1 Å². The molecule has 28 heavy (non-hydrogen) atoms. The average Bonchev–Trinajstić information content (AvgIpc) is 2.63. The summed E-state index contributed by atoms with van der Waals surface area (Å²) in [4.78, 5) is 12.5. The summed E-state index contributed by atoms with van der Waals surface area (Å²) in [6.07, 6.45) is 0.670. The molecule has 8 heteroatoms. The normalized spacial score (nSPS) is 17.4. The average molecular weight is 422 g/mol. The summed E-state index contributed by atoms with van der Waals surface area (Å²) in [6, 6.07) is 12.8. The van der Waals surface area contributed by atoms with Gasteiger partial charge in [-0.1, -0.05) is 41.4 Å². The van der Waals surface area contributed by atoms with Gasteiger partial charge in [0.15, 0.2) is 0 Å². The second kappa shape index (κ2) is 8.61. The number of carbonyl (C=O) groups excluding carboxylic acids is 1. The van der Waals surface area contributed by atoms with Gasteiger partial charge in [0.2, 0.25) is 5.91 Å². The SMILES string of the molecule is Cc1ccc(NC(=O)CN2CCCN(Cc3ccc(Cl)cc3)S2(=O)=O)c(C)c1. The Labute approximate surface area is 171 Å². The number of benzene rings is 2. The van der Waals surface area contributed by atoms with Crippen LogP contribution < -0.4 is 5.32 Å². The van der Waals surface area contributed by atoms with Gasteiger partial charge in [0.05, 0.1) is 6.54 Å². The second-order valence-electron chi connectivity index (χ2n) is 7.02. The predicted octanol–water partition coefficient (Wildman–Crippen LogP) is 3.35. The molecular weight excluding hydrogens is 398 g/mol. The highest BCUT2D eigenvalue weighted by atomic mass is 35.5. The van der Waals surface area contributed by atoms with Crippen molar-refractivity contribution in [3.63, 3.8) is 0 Å². The van der Waals surface area contributed by atoms with Gasteiger partial charge in [-0.15, -0.1) is 0 Å². The van der Waals surface area contributed by atoms with E-state index < -0.39 is 10.2 Å². The fraction of sp³-hybridized carbons (Fsp3) is 0.350. The number of amides is 1. The lowest BCUT2D eigenvalue weighted by atomic mass is 10.1. The minimum Gasteiger partial charge on any atom is -0.325 e. The Morgan fingerprint density at radius 1 is 1.07 bits per heavy atom. The van der Waals surface area contributed by atoms with Crippen molar-refractivity contribution in [3.05, 3.63) is 64.2 Å². The van der Waals surface area contributed by atoms with E-state index in [0.717, 1.165) is 16.7 Å². The molecule has 1 fully saturated rings. The fourth-order valence-electron chi connectivity index (χ4n) is 3.24. The summed E-state index contributed by atoms with van der Waals surface area (Å²) in [5.41, 5.74) is 3.60. The van der Waals surface area contributed by atoms with Gasteiger partial charge < -0.3 is 5.32 Å². The Morgan fingerprint density at radius 3 is 2.43 bits per heavy atom. The van der Waals surface area contributed by atoms with Crippen molar-refractivity contribution >= 4 is 33.4 Å². The summed E-state index contributed by atoms with van der Waals surface area (Å²) in [7, 11) is -3.70. The number of rotatable bonds is 5. The van der Waals surface area contributed by atoms with Crippen LogP contribution >= 0.6 is 11.6 Å². The van der Waals surface area contributed by atoms with Crippen molar-refractivity contribution in [3.8, 4) is 0 Å². The number of hydrogen-bond donors (Lipinski definition) is 1. The number of halogens is 1. The van der Waals surface area contributed by atoms with Crippen LogP contribution in [0.2, 0.25) is 5.02 Å². The molecule has 1 saturated heterocycles. The van der Waals surface area contributed by atoms with Gasteiger partial charge in [-0.05, 0) is 49.6 Å². The molecule has 1 aliphatic heterocycles. The van der Waals surface area contributed by atoms with E-state index in [9.17, 15) is 13.2 Å². The van der Waals surface area contributed by atoms with Crippen molar-refractivity contribution in [2.75, 3.05) is 25.0 Å². The van der Waals surface area contributed by atoms with Crippen molar-refractivity contribution < 1.29 is 13.2 Å². The Kier molecular flexibility index (Phi) is 6.40. The summed E-state index contributed by atoms with van der Waals surface area (Å²) in [6.45, 7) is 4.71. The predicted molar refractivity (Wildman–Crippen MR) is 112 cm³/mol. The van der Waals surface area contributed by atoms with Crippen LogP contribution in [0.1, 0.15) is 23.1 Å². The Hall–Kier alpha value is -1.93. The van der Waals surface area contributed by atoms with Gasteiger partial charge in [0.25, 0.3) is 10.2 Å². The van der Waals surface area contributed by atoms with Gasteiger partial charge in [-0.3, -0.25) is 4.79 Å². The number of hydrogen-bond acceptors (Lipinski definition) is 3. The highest BCUT2D eigenvalue weighted by Crippen LogP contribution is 2.21. The third kappa shape index (κ3) is 4.91. The molecule has 6 nitrogen and oxygen atoms in total. The van der Waals surface area contributed by atoms with E-state index in [1.165, 1.54) is 8.61 Å². The van der Waals surface area contributed by atoms with Crippen LogP contribution in [0, 0.1) is 13.8 Å². The van der Waals surface area contributed by atoms with Crippen LogP contribution in [0.4, 0.5) is 5.69 Å². The van der Waals surface area contributed by atoms with Crippen LogP contribution in [-0.4, -0.2) is 42.6 Å². The molecule has 0 saturated carbocycles. The monoisotopic (exact) mass is 421 g/mol. The first-order chi connectivity index (χ1) is 13.3. The minimum absolute atomic E-state index is 0.202. The molecule has 1 aliphatic rings. The summed E-state index contributed by atoms with van der Waals surface area (Å²) in [5, 5.41) is 3.42. The molecule has 150 valence electrons. The number of nitrogens with one attached hydrogen (secondary N) is 1. The molecule has 1 N–H and O–H groups in total. The molecule has 0 atom stereocenters. The van der Waals surface area contributed by atoms with Gasteiger partial charge in [0, 0.05) is 30.3 Å². The quantitative estimate of drug-likeness (QED) is 0.804. The molecule has 1 amide bonds. The van der Waals surface area contributed by atoms with E-state index in [-0.39, 0.29) is 19.0 Å². The Bertz CT molecular complexity index is 961. The maximum Gasteiger partial charge on any atom is 0.282 e. The first-order valence-electron chi connectivity index (χ1n) is 9.12. The molecule has 0 radical (unpaired) electrons. The van der Waals surface area contributed by atoms with Crippen molar-refractivity contribution in [1.82, 2.24) is 8.61 Å². The first kappa shape index (κ1) is 20.8. The zero-order valence-corrected chi connectivity index (χ0v) is 17.6. The maximum absolute atomic E-state index is 12.9. The molecule has 0 aliphatic carbocycles. The number of carbonyl (C=O) groups is 1. The van der Waals surface area contributed by atoms with Crippen molar-refractivity contribution in [2.24, 2.45) is 0 Å². The van der Waals surface area contributed by atoms with Crippen LogP contribution in [0.25, 0.3) is 0 Å². The third-order valence-electron chi connectivity index (χ3n) is 4.72.